The van der Waals surface area contributed by atoms with Crippen molar-refractivity contribution in [3.8, 4) is 16.3 Å². The third-order valence-electron chi connectivity index (χ3n) is 3.51. The molecule has 0 radical (unpaired) electrons. The summed E-state index contributed by atoms with van der Waals surface area (Å²) in [5.41, 5.74) is 1.36. The molecule has 1 aliphatic rings. The maximum absolute atomic E-state index is 11.9. The average Bonchev–Trinajstić information content (AvgIpc) is 3.17. The first kappa shape index (κ1) is 15.0. The quantitative estimate of drug-likeness (QED) is 0.878. The molecule has 1 aromatic heterocycles. The first-order valence-electron chi connectivity index (χ1n) is 7.19. The fourth-order valence-corrected chi connectivity index (χ4v) is 3.19. The fourth-order valence-electron chi connectivity index (χ4n) is 2.44. The molecule has 6 heteroatoms. The molecule has 0 unspecified atom stereocenters. The largest absolute Gasteiger partial charge is 0.489 e. The third-order valence-corrected chi connectivity index (χ3v) is 4.48. The Morgan fingerprint density at radius 3 is 2.91 bits per heavy atom. The van der Waals surface area contributed by atoms with Gasteiger partial charge in [-0.2, -0.15) is 0 Å². The van der Waals surface area contributed by atoms with Gasteiger partial charge in [0, 0.05) is 23.2 Å². The Kier molecular flexibility index (Phi) is 4.40. The van der Waals surface area contributed by atoms with Crippen molar-refractivity contribution >= 4 is 17.3 Å². The number of carbonyl (C=O) groups is 1. The molecule has 0 aliphatic carbocycles. The summed E-state index contributed by atoms with van der Waals surface area (Å²) in [5, 5.41) is 4.14. The molecule has 0 amide bonds. The van der Waals surface area contributed by atoms with Crippen molar-refractivity contribution in [3.63, 3.8) is 0 Å². The van der Waals surface area contributed by atoms with Crippen molar-refractivity contribution in [2.45, 2.75) is 19.4 Å². The maximum Gasteiger partial charge on any atom is 0.338 e. The molecule has 5 nitrogen and oxygen atoms in total. The van der Waals surface area contributed by atoms with Crippen LogP contribution in [-0.2, 0) is 4.74 Å². The van der Waals surface area contributed by atoms with E-state index < -0.39 is 0 Å². The first-order valence-corrected chi connectivity index (χ1v) is 8.01. The highest BCUT2D eigenvalue weighted by Crippen LogP contribution is 2.30. The van der Waals surface area contributed by atoms with Gasteiger partial charge in [0.25, 0.3) is 0 Å². The number of esters is 1. The molecular formula is C16H18N2O3S. The van der Waals surface area contributed by atoms with E-state index in [2.05, 4.69) is 10.3 Å². The summed E-state index contributed by atoms with van der Waals surface area (Å²) in [6.45, 7) is 3.79. The molecule has 2 heterocycles. The molecule has 0 spiro atoms. The minimum Gasteiger partial charge on any atom is -0.489 e. The van der Waals surface area contributed by atoms with Crippen LogP contribution in [0.3, 0.4) is 0 Å². The van der Waals surface area contributed by atoms with E-state index in [-0.39, 0.29) is 12.1 Å². The monoisotopic (exact) mass is 318 g/mol. The molecule has 3 rings (SSSR count). The van der Waals surface area contributed by atoms with Crippen LogP contribution in [0.15, 0.2) is 24.4 Å². The lowest BCUT2D eigenvalue weighted by Crippen LogP contribution is -2.19. The zero-order valence-corrected chi connectivity index (χ0v) is 13.4. The van der Waals surface area contributed by atoms with E-state index in [1.165, 1.54) is 7.11 Å². The third kappa shape index (κ3) is 3.28. The highest BCUT2D eigenvalue weighted by atomic mass is 32.1. The molecule has 22 heavy (non-hydrogen) atoms. The minimum atomic E-state index is -0.371. The Labute approximate surface area is 133 Å². The van der Waals surface area contributed by atoms with E-state index in [1.807, 2.05) is 19.2 Å². The molecule has 0 bridgehead atoms. The lowest BCUT2D eigenvalue weighted by molar-refractivity contribution is 0.0600. The number of rotatable bonds is 4. The van der Waals surface area contributed by atoms with Gasteiger partial charge in [-0.3, -0.25) is 0 Å². The highest BCUT2D eigenvalue weighted by molar-refractivity contribution is 7.14. The van der Waals surface area contributed by atoms with Gasteiger partial charge in [0.2, 0.25) is 0 Å². The minimum absolute atomic E-state index is 0.138. The maximum atomic E-state index is 11.9. The summed E-state index contributed by atoms with van der Waals surface area (Å²) >= 11 is 1.59. The zero-order chi connectivity index (χ0) is 15.5. The van der Waals surface area contributed by atoms with Gasteiger partial charge in [0.05, 0.1) is 12.7 Å². The van der Waals surface area contributed by atoms with E-state index >= 15 is 0 Å². The van der Waals surface area contributed by atoms with Gasteiger partial charge in [-0.1, -0.05) is 0 Å². The van der Waals surface area contributed by atoms with E-state index in [1.54, 1.807) is 23.5 Å². The second kappa shape index (κ2) is 6.46. The summed E-state index contributed by atoms with van der Waals surface area (Å²) in [7, 11) is 1.38. The van der Waals surface area contributed by atoms with E-state index in [0.29, 0.717) is 11.3 Å². The van der Waals surface area contributed by atoms with Crippen molar-refractivity contribution < 1.29 is 14.3 Å². The van der Waals surface area contributed by atoms with E-state index in [0.717, 1.165) is 35.0 Å². The Balaban J connectivity index is 1.95. The number of aryl methyl sites for hydroxylation is 1. The summed E-state index contributed by atoms with van der Waals surface area (Å²) in [4.78, 5) is 17.4. The van der Waals surface area contributed by atoms with Gasteiger partial charge in [0.1, 0.15) is 16.9 Å². The summed E-state index contributed by atoms with van der Waals surface area (Å²) in [6, 6.07) is 5.46. The molecule has 1 aliphatic heterocycles. The number of thiazole rings is 1. The van der Waals surface area contributed by atoms with Gasteiger partial charge in [-0.15, -0.1) is 11.3 Å². The predicted molar refractivity (Wildman–Crippen MR) is 85.5 cm³/mol. The molecule has 2 aromatic rings. The van der Waals surface area contributed by atoms with Crippen molar-refractivity contribution in [3.05, 3.63) is 34.8 Å². The van der Waals surface area contributed by atoms with Gasteiger partial charge in [0.15, 0.2) is 0 Å². The van der Waals surface area contributed by atoms with Crippen molar-refractivity contribution in [1.29, 1.82) is 0 Å². The van der Waals surface area contributed by atoms with Crippen LogP contribution < -0.4 is 10.1 Å². The zero-order valence-electron chi connectivity index (χ0n) is 12.6. The topological polar surface area (TPSA) is 60.5 Å². The molecule has 0 saturated carbocycles. The number of ether oxygens (including phenoxy) is 2. The summed E-state index contributed by atoms with van der Waals surface area (Å²) in [5.74, 6) is 0.309. The number of methoxy groups -OCH3 is 1. The lowest BCUT2D eigenvalue weighted by atomic mass is 10.1. The number of aromatic nitrogens is 1. The number of nitrogens with one attached hydrogen (secondary N) is 1. The molecule has 1 atom stereocenters. The number of carbonyl (C=O) groups excluding carboxylic acids is 1. The number of benzene rings is 1. The summed E-state index contributed by atoms with van der Waals surface area (Å²) in [6.07, 6.45) is 2.93. The highest BCUT2D eigenvalue weighted by Gasteiger charge is 2.18. The normalized spacial score (nSPS) is 17.5. The van der Waals surface area contributed by atoms with Crippen LogP contribution in [0.2, 0.25) is 0 Å². The van der Waals surface area contributed by atoms with Gasteiger partial charge in [-0.05, 0) is 38.1 Å². The van der Waals surface area contributed by atoms with Crippen LogP contribution in [-0.4, -0.2) is 37.3 Å². The smallest absolute Gasteiger partial charge is 0.338 e. The first-order chi connectivity index (χ1) is 10.7. The van der Waals surface area contributed by atoms with Crippen LogP contribution in [0.25, 0.3) is 10.6 Å². The van der Waals surface area contributed by atoms with Crippen molar-refractivity contribution in [2.75, 3.05) is 20.2 Å². The second-order valence-electron chi connectivity index (χ2n) is 5.25. The van der Waals surface area contributed by atoms with E-state index in [4.69, 9.17) is 9.47 Å². The van der Waals surface area contributed by atoms with Crippen LogP contribution in [0.4, 0.5) is 0 Å². The molecule has 1 saturated heterocycles. The molecule has 1 aromatic carbocycles. The SMILES string of the molecule is COC(=O)c1cc(O[C@H]2CCNC2)cc(-c2ncc(C)s2)c1. The summed E-state index contributed by atoms with van der Waals surface area (Å²) < 4.78 is 10.8. The van der Waals surface area contributed by atoms with Gasteiger partial charge >= 0.3 is 5.97 Å². The molecular weight excluding hydrogens is 300 g/mol. The van der Waals surface area contributed by atoms with Crippen LogP contribution in [0.5, 0.6) is 5.75 Å². The molecule has 1 fully saturated rings. The molecule has 1 N–H and O–H groups in total. The van der Waals surface area contributed by atoms with Crippen LogP contribution in [0.1, 0.15) is 21.7 Å². The second-order valence-corrected chi connectivity index (χ2v) is 6.48. The van der Waals surface area contributed by atoms with Crippen LogP contribution >= 0.6 is 11.3 Å². The molecule has 116 valence electrons. The standard InChI is InChI=1S/C16H18N2O3S/c1-10-8-18-15(22-10)11-5-12(16(19)20-2)7-14(6-11)21-13-3-4-17-9-13/h5-8,13,17H,3-4,9H2,1-2H3/t13-/m0/s1. The number of hydrogen-bond donors (Lipinski definition) is 1. The van der Waals surface area contributed by atoms with Crippen molar-refractivity contribution in [2.24, 2.45) is 0 Å². The average molecular weight is 318 g/mol. The fraction of sp³-hybridized carbons (Fsp3) is 0.375. The number of hydrogen-bond acceptors (Lipinski definition) is 6. The van der Waals surface area contributed by atoms with Gasteiger partial charge < -0.3 is 14.8 Å². The Morgan fingerprint density at radius 1 is 1.41 bits per heavy atom. The Hall–Kier alpha value is -1.92. The van der Waals surface area contributed by atoms with Gasteiger partial charge in [-0.25, -0.2) is 9.78 Å². The lowest BCUT2D eigenvalue weighted by Gasteiger charge is -2.14. The van der Waals surface area contributed by atoms with Crippen LogP contribution in [0, 0.1) is 6.92 Å². The Bertz CT molecular complexity index is 678. The Morgan fingerprint density at radius 2 is 2.27 bits per heavy atom. The van der Waals surface area contributed by atoms with Crippen molar-refractivity contribution in [1.82, 2.24) is 10.3 Å². The number of nitrogens with zero attached hydrogens (tertiary/aromatic N) is 1. The van der Waals surface area contributed by atoms with E-state index in [9.17, 15) is 4.79 Å². The predicted octanol–water partition coefficient (Wildman–Crippen LogP) is 2.65.